The number of anilines is 6. The van der Waals surface area contributed by atoms with E-state index < -0.39 is 0 Å². The maximum absolute atomic E-state index is 9.55. The van der Waals surface area contributed by atoms with E-state index in [1.165, 1.54) is 0 Å². The van der Waals surface area contributed by atoms with Crippen molar-refractivity contribution in [2.75, 3.05) is 9.80 Å². The lowest BCUT2D eigenvalue weighted by molar-refractivity contribution is 0.668. The summed E-state index contributed by atoms with van der Waals surface area (Å²) >= 11 is 0. The molecule has 10 rings (SSSR count). The molecule has 0 aliphatic heterocycles. The van der Waals surface area contributed by atoms with Crippen LogP contribution in [0.15, 0.2) is 191 Å². The highest BCUT2D eigenvalue weighted by Gasteiger charge is 2.18. The van der Waals surface area contributed by atoms with Gasteiger partial charge in [-0.2, -0.15) is 10.5 Å². The van der Waals surface area contributed by atoms with Gasteiger partial charge in [-0.3, -0.25) is 0 Å². The highest BCUT2D eigenvalue weighted by molar-refractivity contribution is 6.08. The molecule has 0 saturated heterocycles. The summed E-state index contributed by atoms with van der Waals surface area (Å²) in [5.74, 6) is 0. The molecule has 6 heteroatoms. The van der Waals surface area contributed by atoms with Crippen molar-refractivity contribution in [3.05, 3.63) is 193 Å². The molecule has 0 saturated carbocycles. The average Bonchev–Trinajstić information content (AvgIpc) is 3.82. The fourth-order valence-electron chi connectivity index (χ4n) is 7.60. The molecule has 10 aromatic rings. The molecule has 56 heavy (non-hydrogen) atoms. The van der Waals surface area contributed by atoms with Crippen LogP contribution in [0.1, 0.15) is 11.1 Å². The topological polar surface area (TPSA) is 80.3 Å². The standard InChI is InChI=1S/C50H30N4O2/c51-31-33-11-23-47-43(27-33)45-29-41(21-25-49(45)55-47)53(37-7-3-1-4-8-37)39-17-13-35(14-18-39)36-15-19-40(20-16-36)54(38-9-5-2-6-10-38)42-22-26-50-46(30-42)44-28-34(32-52)12-24-48(44)56-50/h1-30H. The molecular weight excluding hydrogens is 689 g/mol. The predicted octanol–water partition coefficient (Wildman–Crippen LogP) is 13.8. The van der Waals surface area contributed by atoms with Crippen molar-refractivity contribution in [2.45, 2.75) is 0 Å². The summed E-state index contributed by atoms with van der Waals surface area (Å²) < 4.78 is 12.3. The number of nitrogens with zero attached hydrogens (tertiary/aromatic N) is 4. The fraction of sp³-hybridized carbons (Fsp3) is 0. The third-order valence-electron chi connectivity index (χ3n) is 10.3. The minimum Gasteiger partial charge on any atom is -0.456 e. The largest absolute Gasteiger partial charge is 0.456 e. The number of fused-ring (bicyclic) bond motifs is 6. The fourth-order valence-corrected chi connectivity index (χ4v) is 7.60. The van der Waals surface area contributed by atoms with Gasteiger partial charge in [0.15, 0.2) is 0 Å². The summed E-state index contributed by atoms with van der Waals surface area (Å²) in [6.07, 6.45) is 0. The Labute approximate surface area is 322 Å². The summed E-state index contributed by atoms with van der Waals surface area (Å²) in [4.78, 5) is 4.47. The maximum Gasteiger partial charge on any atom is 0.135 e. The van der Waals surface area contributed by atoms with E-state index in [9.17, 15) is 10.5 Å². The highest BCUT2D eigenvalue weighted by Crippen LogP contribution is 2.41. The Morgan fingerprint density at radius 1 is 0.321 bits per heavy atom. The third kappa shape index (κ3) is 5.67. The Morgan fingerprint density at radius 2 is 0.643 bits per heavy atom. The first kappa shape index (κ1) is 32.6. The highest BCUT2D eigenvalue weighted by atomic mass is 16.3. The number of nitriles is 2. The third-order valence-corrected chi connectivity index (χ3v) is 10.3. The normalized spacial score (nSPS) is 11.2. The molecule has 8 aromatic carbocycles. The summed E-state index contributed by atoms with van der Waals surface area (Å²) in [5.41, 5.74) is 12.5. The van der Waals surface area contributed by atoms with Crippen LogP contribution in [0.2, 0.25) is 0 Å². The molecule has 0 aliphatic rings. The van der Waals surface area contributed by atoms with E-state index in [1.807, 2.05) is 72.8 Å². The van der Waals surface area contributed by atoms with Crippen LogP contribution < -0.4 is 9.80 Å². The van der Waals surface area contributed by atoms with Crippen LogP contribution in [-0.4, -0.2) is 0 Å². The molecule has 0 unspecified atom stereocenters. The molecule has 2 aromatic heterocycles. The molecule has 0 spiro atoms. The van der Waals surface area contributed by atoms with Gasteiger partial charge in [-0.15, -0.1) is 0 Å². The van der Waals surface area contributed by atoms with E-state index in [0.29, 0.717) is 11.1 Å². The van der Waals surface area contributed by atoms with E-state index in [1.54, 1.807) is 12.1 Å². The van der Waals surface area contributed by atoms with Crippen molar-refractivity contribution in [2.24, 2.45) is 0 Å². The second-order valence-electron chi connectivity index (χ2n) is 13.6. The van der Waals surface area contributed by atoms with Gasteiger partial charge in [0.2, 0.25) is 0 Å². The summed E-state index contributed by atoms with van der Waals surface area (Å²) in [6.45, 7) is 0. The van der Waals surface area contributed by atoms with Crippen LogP contribution >= 0.6 is 0 Å². The Bertz CT molecular complexity index is 2940. The molecule has 0 fully saturated rings. The van der Waals surface area contributed by atoms with Gasteiger partial charge in [0, 0.05) is 55.7 Å². The monoisotopic (exact) mass is 718 g/mol. The van der Waals surface area contributed by atoms with Gasteiger partial charge in [0.25, 0.3) is 0 Å². The summed E-state index contributed by atoms with van der Waals surface area (Å²) in [6, 6.07) is 65.9. The number of benzene rings is 8. The van der Waals surface area contributed by atoms with Crippen molar-refractivity contribution in [1.82, 2.24) is 0 Å². The van der Waals surface area contributed by atoms with Crippen LogP contribution in [-0.2, 0) is 0 Å². The lowest BCUT2D eigenvalue weighted by Crippen LogP contribution is -2.10. The van der Waals surface area contributed by atoms with Gasteiger partial charge < -0.3 is 18.6 Å². The molecule has 6 nitrogen and oxygen atoms in total. The van der Waals surface area contributed by atoms with E-state index in [4.69, 9.17) is 8.83 Å². The van der Waals surface area contributed by atoms with Gasteiger partial charge >= 0.3 is 0 Å². The Hall–Kier alpha value is -8.06. The van der Waals surface area contributed by atoms with E-state index in [0.717, 1.165) is 89.1 Å². The molecule has 0 radical (unpaired) electrons. The van der Waals surface area contributed by atoms with Gasteiger partial charge in [0.05, 0.1) is 23.3 Å². The van der Waals surface area contributed by atoms with Crippen molar-refractivity contribution in [3.8, 4) is 23.3 Å². The lowest BCUT2D eigenvalue weighted by atomic mass is 10.0. The van der Waals surface area contributed by atoms with E-state index in [-0.39, 0.29) is 0 Å². The molecule has 262 valence electrons. The Kier molecular flexibility index (Phi) is 7.80. The quantitative estimate of drug-likeness (QED) is 0.163. The van der Waals surface area contributed by atoms with Crippen molar-refractivity contribution >= 4 is 78.0 Å². The Balaban J connectivity index is 1.00. The summed E-state index contributed by atoms with van der Waals surface area (Å²) in [7, 11) is 0. The van der Waals surface area contributed by atoms with Gasteiger partial charge in [-0.05, 0) is 132 Å². The zero-order valence-electron chi connectivity index (χ0n) is 29.9. The Morgan fingerprint density at radius 3 is 1.02 bits per heavy atom. The molecule has 0 bridgehead atoms. The molecule has 0 N–H and O–H groups in total. The summed E-state index contributed by atoms with van der Waals surface area (Å²) in [5, 5.41) is 22.9. The van der Waals surface area contributed by atoms with Gasteiger partial charge in [-0.25, -0.2) is 0 Å². The van der Waals surface area contributed by atoms with Crippen molar-refractivity contribution < 1.29 is 8.83 Å². The number of rotatable bonds is 7. The minimum atomic E-state index is 0.599. The predicted molar refractivity (Wildman–Crippen MR) is 225 cm³/mol. The molecule has 0 amide bonds. The molecule has 0 aliphatic carbocycles. The maximum atomic E-state index is 9.55. The van der Waals surface area contributed by atoms with E-state index in [2.05, 4.69) is 119 Å². The van der Waals surface area contributed by atoms with Crippen molar-refractivity contribution in [1.29, 1.82) is 10.5 Å². The van der Waals surface area contributed by atoms with Crippen molar-refractivity contribution in [3.63, 3.8) is 0 Å². The van der Waals surface area contributed by atoms with Gasteiger partial charge in [0.1, 0.15) is 22.3 Å². The average molecular weight is 719 g/mol. The molecular formula is C50H30N4O2. The second kappa shape index (κ2) is 13.4. The SMILES string of the molecule is N#Cc1ccc2oc3ccc(N(c4ccccc4)c4ccc(-c5ccc(N(c6ccccc6)c6ccc7oc8ccc(C#N)cc8c7c6)cc5)cc4)cc3c2c1. The number of hydrogen-bond donors (Lipinski definition) is 0. The lowest BCUT2D eigenvalue weighted by Gasteiger charge is -2.26. The zero-order valence-corrected chi connectivity index (χ0v) is 29.9. The first-order chi connectivity index (χ1) is 27.6. The van der Waals surface area contributed by atoms with Gasteiger partial charge in [-0.1, -0.05) is 60.7 Å². The van der Waals surface area contributed by atoms with Crippen LogP contribution in [0.5, 0.6) is 0 Å². The van der Waals surface area contributed by atoms with Crippen LogP contribution in [0, 0.1) is 22.7 Å². The molecule has 0 atom stereocenters. The van der Waals surface area contributed by atoms with Crippen LogP contribution in [0.25, 0.3) is 55.0 Å². The first-order valence-corrected chi connectivity index (χ1v) is 18.3. The zero-order chi connectivity index (χ0) is 37.6. The van der Waals surface area contributed by atoms with Crippen LogP contribution in [0.3, 0.4) is 0 Å². The number of furan rings is 2. The number of para-hydroxylation sites is 2. The molecule has 2 heterocycles. The van der Waals surface area contributed by atoms with E-state index >= 15 is 0 Å². The number of hydrogen-bond acceptors (Lipinski definition) is 6. The second-order valence-corrected chi connectivity index (χ2v) is 13.6. The van der Waals surface area contributed by atoms with Crippen LogP contribution in [0.4, 0.5) is 34.1 Å². The smallest absolute Gasteiger partial charge is 0.135 e. The first-order valence-electron chi connectivity index (χ1n) is 18.3. The minimum absolute atomic E-state index is 0.599.